The van der Waals surface area contributed by atoms with Crippen LogP contribution in [0, 0.1) is 17.8 Å². The molecule has 1 rings (SSSR count). The standard InChI is InChI=1S/C15H22BrNO2/c1-9(2)13(10(3)4)8-17-15(19)12-6-5-11(16)7-14(12)18/h5-7,9-10,13,18H,8H2,1-4H3,(H,17,19). The molecule has 1 aromatic carbocycles. The second kappa shape index (κ2) is 6.94. The monoisotopic (exact) mass is 327 g/mol. The van der Waals surface area contributed by atoms with E-state index in [1.807, 2.05) is 0 Å². The molecule has 0 aliphatic carbocycles. The molecule has 0 spiro atoms. The number of hydrogen-bond acceptors (Lipinski definition) is 2. The summed E-state index contributed by atoms with van der Waals surface area (Å²) in [7, 11) is 0. The average molecular weight is 328 g/mol. The van der Waals surface area contributed by atoms with Gasteiger partial charge in [0.05, 0.1) is 5.56 Å². The highest BCUT2D eigenvalue weighted by Gasteiger charge is 2.19. The minimum Gasteiger partial charge on any atom is -0.507 e. The van der Waals surface area contributed by atoms with Crippen LogP contribution in [-0.2, 0) is 0 Å². The predicted octanol–water partition coefficient (Wildman–Crippen LogP) is 3.81. The van der Waals surface area contributed by atoms with E-state index in [1.165, 1.54) is 6.07 Å². The van der Waals surface area contributed by atoms with Crippen molar-refractivity contribution < 1.29 is 9.90 Å². The SMILES string of the molecule is CC(C)C(CNC(=O)c1ccc(Br)cc1O)C(C)C. The molecule has 0 saturated carbocycles. The van der Waals surface area contributed by atoms with Gasteiger partial charge in [-0.2, -0.15) is 0 Å². The van der Waals surface area contributed by atoms with Gasteiger partial charge in [-0.05, 0) is 36.0 Å². The summed E-state index contributed by atoms with van der Waals surface area (Å²) >= 11 is 3.25. The molecule has 2 N–H and O–H groups in total. The Morgan fingerprint density at radius 2 is 1.84 bits per heavy atom. The second-order valence-electron chi connectivity index (χ2n) is 5.52. The van der Waals surface area contributed by atoms with Gasteiger partial charge in [0.15, 0.2) is 0 Å². The number of nitrogens with one attached hydrogen (secondary N) is 1. The van der Waals surface area contributed by atoms with Gasteiger partial charge in [0.2, 0.25) is 0 Å². The Kier molecular flexibility index (Phi) is 5.85. The average Bonchev–Trinajstić information content (AvgIpc) is 2.27. The Morgan fingerprint density at radius 3 is 2.32 bits per heavy atom. The first-order valence-electron chi connectivity index (χ1n) is 6.59. The summed E-state index contributed by atoms with van der Waals surface area (Å²) in [6.07, 6.45) is 0. The van der Waals surface area contributed by atoms with Crippen molar-refractivity contribution in [1.29, 1.82) is 0 Å². The lowest BCUT2D eigenvalue weighted by atomic mass is 9.85. The topological polar surface area (TPSA) is 49.3 Å². The van der Waals surface area contributed by atoms with Gasteiger partial charge in [0, 0.05) is 11.0 Å². The van der Waals surface area contributed by atoms with Crippen molar-refractivity contribution in [2.45, 2.75) is 27.7 Å². The summed E-state index contributed by atoms with van der Waals surface area (Å²) in [6, 6.07) is 4.89. The van der Waals surface area contributed by atoms with Crippen molar-refractivity contribution in [3.63, 3.8) is 0 Å². The highest BCUT2D eigenvalue weighted by molar-refractivity contribution is 9.10. The number of rotatable bonds is 5. The third kappa shape index (κ3) is 4.53. The van der Waals surface area contributed by atoms with Crippen LogP contribution >= 0.6 is 15.9 Å². The molecule has 1 amide bonds. The molecule has 106 valence electrons. The first-order valence-corrected chi connectivity index (χ1v) is 7.39. The molecule has 0 fully saturated rings. The number of carbonyl (C=O) groups excluding carboxylic acids is 1. The van der Waals surface area contributed by atoms with Crippen LogP contribution in [0.5, 0.6) is 5.75 Å². The van der Waals surface area contributed by atoms with Gasteiger partial charge in [0.1, 0.15) is 5.75 Å². The molecular weight excluding hydrogens is 306 g/mol. The van der Waals surface area contributed by atoms with Crippen molar-refractivity contribution in [3.8, 4) is 5.75 Å². The zero-order valence-corrected chi connectivity index (χ0v) is 13.5. The van der Waals surface area contributed by atoms with Gasteiger partial charge in [-0.3, -0.25) is 4.79 Å². The maximum Gasteiger partial charge on any atom is 0.255 e. The largest absolute Gasteiger partial charge is 0.507 e. The zero-order chi connectivity index (χ0) is 14.6. The molecule has 0 heterocycles. The van der Waals surface area contributed by atoms with Crippen molar-refractivity contribution in [1.82, 2.24) is 5.32 Å². The van der Waals surface area contributed by atoms with Crippen LogP contribution in [0.1, 0.15) is 38.1 Å². The van der Waals surface area contributed by atoms with E-state index in [1.54, 1.807) is 12.1 Å². The van der Waals surface area contributed by atoms with Crippen LogP contribution in [0.15, 0.2) is 22.7 Å². The number of halogens is 1. The number of phenols is 1. The quantitative estimate of drug-likeness (QED) is 0.863. The molecule has 1 aromatic rings. The van der Waals surface area contributed by atoms with E-state index in [0.717, 1.165) is 4.47 Å². The summed E-state index contributed by atoms with van der Waals surface area (Å²) in [5.74, 6) is 1.23. The molecule has 4 heteroatoms. The second-order valence-corrected chi connectivity index (χ2v) is 6.44. The fourth-order valence-electron chi connectivity index (χ4n) is 2.24. The Balaban J connectivity index is 2.69. The van der Waals surface area contributed by atoms with Crippen LogP contribution in [0.2, 0.25) is 0 Å². The lowest BCUT2D eigenvalue weighted by molar-refractivity contribution is 0.0934. The summed E-state index contributed by atoms with van der Waals surface area (Å²) in [5, 5.41) is 12.7. The van der Waals surface area contributed by atoms with Crippen molar-refractivity contribution in [3.05, 3.63) is 28.2 Å². The Hall–Kier alpha value is -1.03. The molecule has 0 unspecified atom stereocenters. The van der Waals surface area contributed by atoms with Crippen LogP contribution in [0.4, 0.5) is 0 Å². The third-order valence-electron chi connectivity index (χ3n) is 3.42. The maximum atomic E-state index is 12.0. The zero-order valence-electron chi connectivity index (χ0n) is 11.9. The molecule has 0 aliphatic rings. The summed E-state index contributed by atoms with van der Waals surface area (Å²) in [6.45, 7) is 9.27. The van der Waals surface area contributed by atoms with Gasteiger partial charge in [-0.15, -0.1) is 0 Å². The van der Waals surface area contributed by atoms with Crippen molar-refractivity contribution in [2.75, 3.05) is 6.54 Å². The molecule has 0 saturated heterocycles. The summed E-state index contributed by atoms with van der Waals surface area (Å²) in [4.78, 5) is 12.0. The smallest absolute Gasteiger partial charge is 0.255 e. The Bertz CT molecular complexity index is 436. The van der Waals surface area contributed by atoms with Crippen LogP contribution in [0.3, 0.4) is 0 Å². The predicted molar refractivity (Wildman–Crippen MR) is 81.3 cm³/mol. The normalized spacial score (nSPS) is 11.4. The summed E-state index contributed by atoms with van der Waals surface area (Å²) in [5.41, 5.74) is 0.314. The molecule has 0 atom stereocenters. The fraction of sp³-hybridized carbons (Fsp3) is 0.533. The van der Waals surface area contributed by atoms with E-state index in [9.17, 15) is 9.90 Å². The highest BCUT2D eigenvalue weighted by atomic mass is 79.9. The van der Waals surface area contributed by atoms with E-state index in [0.29, 0.717) is 29.9 Å². The van der Waals surface area contributed by atoms with Gasteiger partial charge < -0.3 is 10.4 Å². The van der Waals surface area contributed by atoms with E-state index in [4.69, 9.17) is 0 Å². The van der Waals surface area contributed by atoms with E-state index in [-0.39, 0.29) is 11.7 Å². The van der Waals surface area contributed by atoms with Crippen molar-refractivity contribution >= 4 is 21.8 Å². The van der Waals surface area contributed by atoms with E-state index in [2.05, 4.69) is 48.9 Å². The molecule has 19 heavy (non-hydrogen) atoms. The number of carbonyl (C=O) groups is 1. The number of amides is 1. The van der Waals surface area contributed by atoms with Crippen LogP contribution < -0.4 is 5.32 Å². The fourth-order valence-corrected chi connectivity index (χ4v) is 2.59. The molecule has 0 bridgehead atoms. The van der Waals surface area contributed by atoms with Gasteiger partial charge >= 0.3 is 0 Å². The first kappa shape index (κ1) is 16.0. The van der Waals surface area contributed by atoms with Gasteiger partial charge in [0.25, 0.3) is 5.91 Å². The molecular formula is C15H22BrNO2. The van der Waals surface area contributed by atoms with Crippen LogP contribution in [-0.4, -0.2) is 17.6 Å². The van der Waals surface area contributed by atoms with Gasteiger partial charge in [-0.1, -0.05) is 43.6 Å². The molecule has 0 radical (unpaired) electrons. The number of hydrogen-bond donors (Lipinski definition) is 2. The lowest BCUT2D eigenvalue weighted by Gasteiger charge is -2.25. The van der Waals surface area contributed by atoms with E-state index >= 15 is 0 Å². The van der Waals surface area contributed by atoms with Crippen molar-refractivity contribution in [2.24, 2.45) is 17.8 Å². The molecule has 0 aromatic heterocycles. The molecule has 3 nitrogen and oxygen atoms in total. The third-order valence-corrected chi connectivity index (χ3v) is 3.91. The van der Waals surface area contributed by atoms with Crippen LogP contribution in [0.25, 0.3) is 0 Å². The van der Waals surface area contributed by atoms with E-state index < -0.39 is 0 Å². The first-order chi connectivity index (χ1) is 8.82. The lowest BCUT2D eigenvalue weighted by Crippen LogP contribution is -2.33. The Labute approximate surface area is 123 Å². The summed E-state index contributed by atoms with van der Waals surface area (Å²) < 4.78 is 0.754. The van der Waals surface area contributed by atoms with Gasteiger partial charge in [-0.25, -0.2) is 0 Å². The number of aromatic hydroxyl groups is 1. The maximum absolute atomic E-state index is 12.0. The molecule has 0 aliphatic heterocycles. The minimum absolute atomic E-state index is 0.00230. The number of benzene rings is 1. The highest BCUT2D eigenvalue weighted by Crippen LogP contribution is 2.23. The number of phenolic OH excluding ortho intramolecular Hbond substituents is 1. The minimum atomic E-state index is -0.226. The Morgan fingerprint density at radius 1 is 1.26 bits per heavy atom.